The normalized spacial score (nSPS) is 15.8. The SMILES string of the molecule is CC(C)CN(CCc1ccc(N)cc1)C1CC1. The van der Waals surface area contributed by atoms with Gasteiger partial charge >= 0.3 is 0 Å². The van der Waals surface area contributed by atoms with Crippen molar-refractivity contribution in [2.24, 2.45) is 5.92 Å². The number of hydrogen-bond donors (Lipinski definition) is 1. The first kappa shape index (κ1) is 12.4. The van der Waals surface area contributed by atoms with Gasteiger partial charge < -0.3 is 5.73 Å². The van der Waals surface area contributed by atoms with Gasteiger partial charge in [0.15, 0.2) is 0 Å². The first-order chi connectivity index (χ1) is 8.15. The number of benzene rings is 1. The Balaban J connectivity index is 1.84. The van der Waals surface area contributed by atoms with Gasteiger partial charge in [0, 0.05) is 24.8 Å². The predicted octanol–water partition coefficient (Wildman–Crippen LogP) is 2.93. The molecule has 0 heterocycles. The molecule has 1 aliphatic carbocycles. The van der Waals surface area contributed by atoms with Crippen LogP contribution in [-0.2, 0) is 6.42 Å². The van der Waals surface area contributed by atoms with E-state index in [-0.39, 0.29) is 0 Å². The summed E-state index contributed by atoms with van der Waals surface area (Å²) in [5.74, 6) is 0.766. The maximum Gasteiger partial charge on any atom is 0.0314 e. The highest BCUT2D eigenvalue weighted by Crippen LogP contribution is 2.27. The summed E-state index contributed by atoms with van der Waals surface area (Å²) in [6, 6.07) is 9.16. The summed E-state index contributed by atoms with van der Waals surface area (Å²) in [7, 11) is 0. The van der Waals surface area contributed by atoms with Crippen LogP contribution in [0.3, 0.4) is 0 Å². The molecule has 2 N–H and O–H groups in total. The first-order valence-corrected chi connectivity index (χ1v) is 6.73. The van der Waals surface area contributed by atoms with Crippen LogP contribution >= 0.6 is 0 Å². The van der Waals surface area contributed by atoms with Crippen molar-refractivity contribution in [2.45, 2.75) is 39.2 Å². The lowest BCUT2D eigenvalue weighted by Crippen LogP contribution is -2.31. The second-order valence-electron chi connectivity index (χ2n) is 5.61. The second-order valence-corrected chi connectivity index (χ2v) is 5.61. The Morgan fingerprint density at radius 1 is 1.24 bits per heavy atom. The minimum Gasteiger partial charge on any atom is -0.399 e. The van der Waals surface area contributed by atoms with Crippen LogP contribution < -0.4 is 5.73 Å². The van der Waals surface area contributed by atoms with Crippen LogP contribution in [0.1, 0.15) is 32.3 Å². The lowest BCUT2D eigenvalue weighted by Gasteiger charge is -2.24. The second kappa shape index (κ2) is 5.54. The topological polar surface area (TPSA) is 29.3 Å². The molecule has 1 aromatic carbocycles. The lowest BCUT2D eigenvalue weighted by molar-refractivity contribution is 0.237. The first-order valence-electron chi connectivity index (χ1n) is 6.73. The summed E-state index contributed by atoms with van der Waals surface area (Å²) in [5, 5.41) is 0. The molecule has 0 spiro atoms. The van der Waals surface area contributed by atoms with Crippen LogP contribution in [0.25, 0.3) is 0 Å². The molecule has 0 aliphatic heterocycles. The van der Waals surface area contributed by atoms with E-state index in [0.717, 1.165) is 24.1 Å². The molecule has 0 radical (unpaired) electrons. The van der Waals surface area contributed by atoms with Crippen LogP contribution in [0.5, 0.6) is 0 Å². The van der Waals surface area contributed by atoms with Crippen molar-refractivity contribution in [3.05, 3.63) is 29.8 Å². The number of nitrogens with two attached hydrogens (primary N) is 1. The van der Waals surface area contributed by atoms with E-state index in [0.29, 0.717) is 0 Å². The molecule has 2 nitrogen and oxygen atoms in total. The minimum absolute atomic E-state index is 0.766. The Morgan fingerprint density at radius 3 is 2.41 bits per heavy atom. The molecule has 2 heteroatoms. The molecule has 2 rings (SSSR count). The van der Waals surface area contributed by atoms with Crippen molar-refractivity contribution >= 4 is 5.69 Å². The maximum atomic E-state index is 5.70. The van der Waals surface area contributed by atoms with Crippen molar-refractivity contribution < 1.29 is 0 Å². The third kappa shape index (κ3) is 4.04. The van der Waals surface area contributed by atoms with E-state index in [4.69, 9.17) is 5.73 Å². The molecular weight excluding hydrogens is 208 g/mol. The summed E-state index contributed by atoms with van der Waals surface area (Å²) in [6.07, 6.45) is 3.94. The number of rotatable bonds is 6. The highest BCUT2D eigenvalue weighted by molar-refractivity contribution is 5.39. The van der Waals surface area contributed by atoms with Crippen molar-refractivity contribution in [1.82, 2.24) is 4.90 Å². The molecule has 17 heavy (non-hydrogen) atoms. The van der Waals surface area contributed by atoms with Gasteiger partial charge in [-0.3, -0.25) is 4.90 Å². The highest BCUT2D eigenvalue weighted by atomic mass is 15.2. The molecule has 1 aromatic rings. The number of nitrogens with zero attached hydrogens (tertiary/aromatic N) is 1. The van der Waals surface area contributed by atoms with E-state index in [1.807, 2.05) is 12.1 Å². The largest absolute Gasteiger partial charge is 0.399 e. The molecule has 0 amide bonds. The number of anilines is 1. The number of nitrogen functional groups attached to an aromatic ring is 1. The Morgan fingerprint density at radius 2 is 1.88 bits per heavy atom. The smallest absolute Gasteiger partial charge is 0.0314 e. The van der Waals surface area contributed by atoms with E-state index in [1.54, 1.807) is 0 Å². The van der Waals surface area contributed by atoms with Gasteiger partial charge in [0.2, 0.25) is 0 Å². The third-order valence-corrected chi connectivity index (χ3v) is 3.33. The van der Waals surface area contributed by atoms with Crippen LogP contribution in [0, 0.1) is 5.92 Å². The van der Waals surface area contributed by atoms with Crippen LogP contribution in [0.15, 0.2) is 24.3 Å². The van der Waals surface area contributed by atoms with Gasteiger partial charge in [-0.25, -0.2) is 0 Å². The molecule has 0 aromatic heterocycles. The van der Waals surface area contributed by atoms with E-state index in [1.165, 1.54) is 31.5 Å². The summed E-state index contributed by atoms with van der Waals surface area (Å²) in [6.45, 7) is 7.03. The molecule has 1 aliphatic rings. The molecule has 1 saturated carbocycles. The van der Waals surface area contributed by atoms with Crippen molar-refractivity contribution in [2.75, 3.05) is 18.8 Å². The van der Waals surface area contributed by atoms with E-state index in [2.05, 4.69) is 30.9 Å². The van der Waals surface area contributed by atoms with E-state index < -0.39 is 0 Å². The number of hydrogen-bond acceptors (Lipinski definition) is 2. The molecule has 1 fully saturated rings. The summed E-state index contributed by atoms with van der Waals surface area (Å²) < 4.78 is 0. The van der Waals surface area contributed by atoms with Gasteiger partial charge in [0.1, 0.15) is 0 Å². The summed E-state index contributed by atoms with van der Waals surface area (Å²) in [4.78, 5) is 2.65. The Labute approximate surface area is 105 Å². The molecule has 0 atom stereocenters. The van der Waals surface area contributed by atoms with Crippen LogP contribution in [-0.4, -0.2) is 24.0 Å². The third-order valence-electron chi connectivity index (χ3n) is 3.33. The average molecular weight is 232 g/mol. The Bertz CT molecular complexity index is 338. The minimum atomic E-state index is 0.766. The van der Waals surface area contributed by atoms with Crippen molar-refractivity contribution in [1.29, 1.82) is 0 Å². The zero-order valence-corrected chi connectivity index (χ0v) is 11.0. The maximum absolute atomic E-state index is 5.70. The quantitative estimate of drug-likeness (QED) is 0.764. The molecule has 0 unspecified atom stereocenters. The zero-order valence-electron chi connectivity index (χ0n) is 11.0. The molecule has 94 valence electrons. The van der Waals surface area contributed by atoms with E-state index >= 15 is 0 Å². The Hall–Kier alpha value is -1.02. The van der Waals surface area contributed by atoms with Crippen molar-refractivity contribution in [3.63, 3.8) is 0 Å². The fourth-order valence-electron chi connectivity index (χ4n) is 2.29. The Kier molecular flexibility index (Phi) is 4.06. The standard InChI is InChI=1S/C15H24N2/c1-12(2)11-17(15-7-8-15)10-9-13-3-5-14(16)6-4-13/h3-6,12,15H,7-11,16H2,1-2H3. The summed E-state index contributed by atoms with van der Waals surface area (Å²) >= 11 is 0. The highest BCUT2D eigenvalue weighted by Gasteiger charge is 2.28. The molecule has 0 saturated heterocycles. The fraction of sp³-hybridized carbons (Fsp3) is 0.600. The van der Waals surface area contributed by atoms with Crippen LogP contribution in [0.4, 0.5) is 5.69 Å². The lowest BCUT2D eigenvalue weighted by atomic mass is 10.1. The van der Waals surface area contributed by atoms with Gasteiger partial charge in [-0.2, -0.15) is 0 Å². The van der Waals surface area contributed by atoms with Gasteiger partial charge in [-0.15, -0.1) is 0 Å². The fourth-order valence-corrected chi connectivity index (χ4v) is 2.29. The zero-order chi connectivity index (χ0) is 12.3. The van der Waals surface area contributed by atoms with Crippen LogP contribution in [0.2, 0.25) is 0 Å². The van der Waals surface area contributed by atoms with Crippen molar-refractivity contribution in [3.8, 4) is 0 Å². The molecule has 0 bridgehead atoms. The monoisotopic (exact) mass is 232 g/mol. The van der Waals surface area contributed by atoms with Gasteiger partial charge in [0.05, 0.1) is 0 Å². The predicted molar refractivity (Wildman–Crippen MR) is 74.0 cm³/mol. The van der Waals surface area contributed by atoms with Gasteiger partial charge in [0.25, 0.3) is 0 Å². The van der Waals surface area contributed by atoms with Gasteiger partial charge in [-0.1, -0.05) is 26.0 Å². The molecular formula is C15H24N2. The average Bonchev–Trinajstić information content (AvgIpc) is 3.10. The summed E-state index contributed by atoms with van der Waals surface area (Å²) in [5.41, 5.74) is 7.95. The van der Waals surface area contributed by atoms with E-state index in [9.17, 15) is 0 Å². The van der Waals surface area contributed by atoms with Gasteiger partial charge in [-0.05, 0) is 42.9 Å².